The smallest absolute Gasteiger partial charge is 0.241 e. The average molecular weight is 392 g/mol. The lowest BCUT2D eigenvalue weighted by Crippen LogP contribution is -2.33. The van der Waals surface area contributed by atoms with Crippen LogP contribution in [0.15, 0.2) is 35.7 Å². The van der Waals surface area contributed by atoms with Crippen LogP contribution in [0.2, 0.25) is 0 Å². The third-order valence-corrected chi connectivity index (χ3v) is 6.68. The number of aromatic nitrogens is 1. The van der Waals surface area contributed by atoms with Crippen molar-refractivity contribution in [2.24, 2.45) is 0 Å². The minimum atomic E-state index is -3.67. The normalized spacial score (nSPS) is 14.5. The first kappa shape index (κ1) is 18.8. The fourth-order valence-corrected chi connectivity index (χ4v) is 4.59. The van der Waals surface area contributed by atoms with E-state index >= 15 is 0 Å². The summed E-state index contributed by atoms with van der Waals surface area (Å²) in [7, 11) is -2.29. The number of sulfonamides is 1. The lowest BCUT2D eigenvalue weighted by atomic mass is 10.0. The summed E-state index contributed by atoms with van der Waals surface area (Å²) in [5, 5.41) is 4.37. The van der Waals surface area contributed by atoms with E-state index in [0.29, 0.717) is 5.13 Å². The van der Waals surface area contributed by atoms with Crippen molar-refractivity contribution in [3.63, 3.8) is 0 Å². The van der Waals surface area contributed by atoms with Crippen molar-refractivity contribution in [1.29, 1.82) is 0 Å². The Morgan fingerprint density at radius 2 is 2.00 bits per heavy atom. The Labute approximate surface area is 157 Å². The number of amides is 1. The molecule has 6 nitrogen and oxygen atoms in total. The van der Waals surface area contributed by atoms with Gasteiger partial charge in [-0.05, 0) is 37.3 Å². The molecule has 0 unspecified atom stereocenters. The van der Waals surface area contributed by atoms with Crippen LogP contribution < -0.4 is 5.32 Å². The van der Waals surface area contributed by atoms with E-state index < -0.39 is 15.9 Å². The Hall–Kier alpha value is -2.03. The van der Waals surface area contributed by atoms with Crippen molar-refractivity contribution >= 4 is 38.5 Å². The quantitative estimate of drug-likeness (QED) is 0.821. The fraction of sp³-hybridized carbons (Fsp3) is 0.333. The number of hydrogen-bond acceptors (Lipinski definition) is 5. The van der Waals surface area contributed by atoms with Gasteiger partial charge in [-0.15, -0.1) is 11.3 Å². The van der Waals surface area contributed by atoms with E-state index in [9.17, 15) is 13.2 Å². The first-order valence-electron chi connectivity index (χ1n) is 8.42. The molecule has 138 valence electrons. The molecule has 0 atom stereocenters. The maximum Gasteiger partial charge on any atom is 0.241 e. The van der Waals surface area contributed by atoms with Gasteiger partial charge < -0.3 is 5.32 Å². The predicted molar refractivity (Wildman–Crippen MR) is 104 cm³/mol. The second-order valence-electron chi connectivity index (χ2n) is 6.16. The summed E-state index contributed by atoms with van der Waals surface area (Å²) < 4.78 is 25.6. The van der Waals surface area contributed by atoms with Gasteiger partial charge in [-0.3, -0.25) is 4.79 Å². The Morgan fingerprint density at radius 1 is 1.27 bits per heavy atom. The maximum atomic E-state index is 12.3. The van der Waals surface area contributed by atoms with Crippen LogP contribution in [-0.4, -0.2) is 37.2 Å². The Balaban J connectivity index is 1.59. The molecule has 1 aromatic carbocycles. The van der Waals surface area contributed by atoms with Gasteiger partial charge in [0.1, 0.15) is 0 Å². The molecule has 26 heavy (non-hydrogen) atoms. The number of aryl methyl sites for hydroxylation is 2. The molecule has 0 spiro atoms. The first-order chi connectivity index (χ1) is 12.4. The van der Waals surface area contributed by atoms with Gasteiger partial charge in [-0.25, -0.2) is 13.4 Å². The zero-order chi connectivity index (χ0) is 18.6. The van der Waals surface area contributed by atoms with E-state index in [2.05, 4.69) is 10.3 Å². The zero-order valence-corrected chi connectivity index (χ0v) is 16.1. The van der Waals surface area contributed by atoms with Gasteiger partial charge in [0, 0.05) is 17.3 Å². The summed E-state index contributed by atoms with van der Waals surface area (Å²) in [5.74, 6) is -0.393. The summed E-state index contributed by atoms with van der Waals surface area (Å²) in [4.78, 5) is 17.8. The van der Waals surface area contributed by atoms with E-state index in [1.807, 2.05) is 30.3 Å². The van der Waals surface area contributed by atoms with Crippen LogP contribution in [-0.2, 0) is 27.7 Å². The number of likely N-dealkylation sites (N-methyl/N-ethyl adjacent to an activating group) is 1. The van der Waals surface area contributed by atoms with Crippen molar-refractivity contribution in [2.75, 3.05) is 18.9 Å². The molecule has 0 aliphatic heterocycles. The lowest BCUT2D eigenvalue weighted by molar-refractivity contribution is -0.116. The molecule has 1 amide bonds. The summed E-state index contributed by atoms with van der Waals surface area (Å²) in [6.45, 7) is -0.258. The Morgan fingerprint density at radius 3 is 2.73 bits per heavy atom. The maximum absolute atomic E-state index is 12.3. The summed E-state index contributed by atoms with van der Waals surface area (Å²) in [6.07, 6.45) is 5.73. The number of rotatable bonds is 6. The predicted octanol–water partition coefficient (Wildman–Crippen LogP) is 2.89. The minimum absolute atomic E-state index is 0.258. The van der Waals surface area contributed by atoms with Gasteiger partial charge in [-0.2, -0.15) is 4.31 Å². The number of thiazole rings is 1. The highest BCUT2D eigenvalue weighted by Gasteiger charge is 2.20. The van der Waals surface area contributed by atoms with Crippen LogP contribution in [0.25, 0.3) is 6.08 Å². The summed E-state index contributed by atoms with van der Waals surface area (Å²) in [5.41, 5.74) is 1.84. The van der Waals surface area contributed by atoms with Crippen molar-refractivity contribution < 1.29 is 13.2 Å². The molecule has 3 rings (SSSR count). The molecule has 0 saturated carbocycles. The minimum Gasteiger partial charge on any atom is -0.301 e. The third kappa shape index (κ3) is 4.78. The number of hydrogen-bond donors (Lipinski definition) is 1. The van der Waals surface area contributed by atoms with Crippen LogP contribution in [0.3, 0.4) is 0 Å². The Bertz CT molecular complexity index is 882. The van der Waals surface area contributed by atoms with Crippen LogP contribution in [0.5, 0.6) is 0 Å². The molecule has 2 aromatic rings. The van der Waals surface area contributed by atoms with Crippen LogP contribution in [0, 0.1) is 0 Å². The highest BCUT2D eigenvalue weighted by molar-refractivity contribution is 7.92. The van der Waals surface area contributed by atoms with E-state index in [1.165, 1.54) is 29.3 Å². The molecule has 1 N–H and O–H groups in total. The molecule has 1 heterocycles. The highest BCUT2D eigenvalue weighted by Crippen LogP contribution is 2.29. The van der Waals surface area contributed by atoms with Crippen molar-refractivity contribution in [3.8, 4) is 0 Å². The molecular formula is C18H21N3O3S2. The highest BCUT2D eigenvalue weighted by atomic mass is 32.2. The van der Waals surface area contributed by atoms with Crippen molar-refractivity contribution in [3.05, 3.63) is 51.9 Å². The topological polar surface area (TPSA) is 79.4 Å². The number of benzene rings is 1. The molecule has 1 aromatic heterocycles. The van der Waals surface area contributed by atoms with E-state index in [-0.39, 0.29) is 6.54 Å². The second-order valence-corrected chi connectivity index (χ2v) is 9.17. The molecule has 0 radical (unpaired) electrons. The zero-order valence-electron chi connectivity index (χ0n) is 14.5. The van der Waals surface area contributed by atoms with E-state index in [4.69, 9.17) is 0 Å². The van der Waals surface area contributed by atoms with Crippen LogP contribution in [0.1, 0.15) is 29.0 Å². The second kappa shape index (κ2) is 8.11. The number of fused-ring (bicyclic) bond motifs is 1. The summed E-state index contributed by atoms with van der Waals surface area (Å²) in [6, 6.07) is 9.14. The number of anilines is 1. The number of nitrogens with zero attached hydrogens (tertiary/aromatic N) is 2. The monoisotopic (exact) mass is 391 g/mol. The average Bonchev–Trinajstić information content (AvgIpc) is 3.03. The van der Waals surface area contributed by atoms with Crippen LogP contribution in [0.4, 0.5) is 5.13 Å². The molecule has 1 aliphatic carbocycles. The van der Waals surface area contributed by atoms with Crippen LogP contribution >= 0.6 is 11.3 Å². The first-order valence-corrected chi connectivity index (χ1v) is 10.7. The Kier molecular flexibility index (Phi) is 5.85. The molecule has 0 fully saturated rings. The van der Waals surface area contributed by atoms with Crippen molar-refractivity contribution in [1.82, 2.24) is 9.29 Å². The van der Waals surface area contributed by atoms with Gasteiger partial charge in [0.25, 0.3) is 0 Å². The molecule has 1 aliphatic rings. The van der Waals surface area contributed by atoms with Crippen molar-refractivity contribution in [2.45, 2.75) is 25.7 Å². The fourth-order valence-electron chi connectivity index (χ4n) is 2.69. The number of nitrogens with one attached hydrogen (secondary N) is 1. The van der Waals surface area contributed by atoms with E-state index in [0.717, 1.165) is 46.7 Å². The molecule has 8 heteroatoms. The molecular weight excluding hydrogens is 370 g/mol. The number of carbonyl (C=O) groups excluding carboxylic acids is 1. The number of carbonyl (C=O) groups is 1. The lowest BCUT2D eigenvalue weighted by Gasteiger charge is -2.13. The standard InChI is InChI=1S/C18H21N3O3S2/c1-21(26(23,24)12-11-14-7-3-2-4-8-14)13-17(22)20-18-19-15-9-5-6-10-16(15)25-18/h2-4,7-8,11-12H,5-6,9-10,13H2,1H3,(H,19,20,22). The van der Waals surface area contributed by atoms with Gasteiger partial charge >= 0.3 is 0 Å². The van der Waals surface area contributed by atoms with Gasteiger partial charge in [0.2, 0.25) is 15.9 Å². The largest absolute Gasteiger partial charge is 0.301 e. The van der Waals surface area contributed by atoms with Gasteiger partial charge in [0.15, 0.2) is 5.13 Å². The van der Waals surface area contributed by atoms with Gasteiger partial charge in [0.05, 0.1) is 12.2 Å². The van der Waals surface area contributed by atoms with Gasteiger partial charge in [-0.1, -0.05) is 30.3 Å². The molecule has 0 bridgehead atoms. The molecule has 0 saturated heterocycles. The summed E-state index contributed by atoms with van der Waals surface area (Å²) >= 11 is 1.48. The third-order valence-electron chi connectivity index (χ3n) is 4.12. The van der Waals surface area contributed by atoms with E-state index in [1.54, 1.807) is 0 Å². The SMILES string of the molecule is CN(CC(=O)Nc1nc2c(s1)CCCC2)S(=O)(=O)C=Cc1ccccc1.